The number of hydrogen-bond donors (Lipinski definition) is 1. The predicted molar refractivity (Wildman–Crippen MR) is 80.2 cm³/mol. The molecule has 0 saturated heterocycles. The van der Waals surface area contributed by atoms with Gasteiger partial charge in [0.2, 0.25) is 0 Å². The molecule has 0 fully saturated rings. The summed E-state index contributed by atoms with van der Waals surface area (Å²) in [5, 5.41) is 3.20. The number of benzene rings is 1. The van der Waals surface area contributed by atoms with Crippen LogP contribution in [0, 0.1) is 0 Å². The van der Waals surface area contributed by atoms with Crippen LogP contribution < -0.4 is 10.1 Å². The number of ether oxygens (including phenoxy) is 2. The van der Waals surface area contributed by atoms with Gasteiger partial charge in [0.15, 0.2) is 5.54 Å². The minimum absolute atomic E-state index is 0.390. The van der Waals surface area contributed by atoms with Gasteiger partial charge in [-0.15, -0.1) is 0 Å². The van der Waals surface area contributed by atoms with E-state index in [1.54, 1.807) is 32.5 Å². The first-order valence-corrected chi connectivity index (χ1v) is 6.51. The van der Waals surface area contributed by atoms with Crippen LogP contribution in [0.5, 0.6) is 5.75 Å². The summed E-state index contributed by atoms with van der Waals surface area (Å²) in [6.07, 6.45) is 3.30. The first kappa shape index (κ1) is 14.8. The van der Waals surface area contributed by atoms with Crippen LogP contribution in [-0.2, 0) is 15.1 Å². The van der Waals surface area contributed by atoms with E-state index in [-0.39, 0.29) is 0 Å². The van der Waals surface area contributed by atoms with Gasteiger partial charge in [0.05, 0.1) is 14.2 Å². The average molecular weight is 286 g/mol. The molecule has 1 atom stereocenters. The van der Waals surface area contributed by atoms with Crippen LogP contribution in [0.25, 0.3) is 0 Å². The fourth-order valence-electron chi connectivity index (χ4n) is 2.09. The first-order valence-electron chi connectivity index (χ1n) is 6.51. The number of nitrogens with one attached hydrogen (secondary N) is 1. The number of carbonyl (C=O) groups is 1. The Labute approximate surface area is 123 Å². The topological polar surface area (TPSA) is 60.5 Å². The summed E-state index contributed by atoms with van der Waals surface area (Å²) in [5.74, 6) is 0.316. The Hall–Kier alpha value is -2.56. The van der Waals surface area contributed by atoms with Crippen LogP contribution in [0.2, 0.25) is 0 Å². The molecule has 1 aromatic carbocycles. The molecule has 0 bridgehead atoms. The van der Waals surface area contributed by atoms with Crippen LogP contribution in [0.4, 0.5) is 5.69 Å². The number of rotatable bonds is 5. The number of pyridine rings is 1. The molecule has 2 aromatic rings. The van der Waals surface area contributed by atoms with Crippen molar-refractivity contribution in [1.29, 1.82) is 0 Å². The molecule has 0 aliphatic heterocycles. The van der Waals surface area contributed by atoms with Gasteiger partial charge in [-0.2, -0.15) is 0 Å². The molecule has 1 heterocycles. The molecule has 5 heteroatoms. The Morgan fingerprint density at radius 2 is 2.05 bits per heavy atom. The third-order valence-corrected chi connectivity index (χ3v) is 3.30. The van der Waals surface area contributed by atoms with E-state index in [2.05, 4.69) is 10.3 Å². The molecular weight excluding hydrogens is 268 g/mol. The van der Waals surface area contributed by atoms with Crippen molar-refractivity contribution in [2.24, 2.45) is 0 Å². The lowest BCUT2D eigenvalue weighted by Crippen LogP contribution is -2.41. The van der Waals surface area contributed by atoms with E-state index in [0.717, 1.165) is 11.3 Å². The molecule has 1 unspecified atom stereocenters. The highest BCUT2D eigenvalue weighted by atomic mass is 16.5. The van der Waals surface area contributed by atoms with Crippen molar-refractivity contribution >= 4 is 11.7 Å². The maximum atomic E-state index is 12.2. The highest BCUT2D eigenvalue weighted by Crippen LogP contribution is 2.28. The summed E-state index contributed by atoms with van der Waals surface area (Å²) < 4.78 is 10.1. The number of methoxy groups -OCH3 is 2. The standard InChI is InChI=1S/C16H18N2O3/c1-16(15(19)21-3,12-6-5-9-17-11-12)18-13-7-4-8-14(10-13)20-2/h4-11,18H,1-3H3. The number of aromatic nitrogens is 1. The molecule has 1 aromatic heterocycles. The fraction of sp³-hybridized carbons (Fsp3) is 0.250. The Morgan fingerprint density at radius 1 is 1.24 bits per heavy atom. The largest absolute Gasteiger partial charge is 0.497 e. The maximum Gasteiger partial charge on any atom is 0.335 e. The molecule has 110 valence electrons. The summed E-state index contributed by atoms with van der Waals surface area (Å²) in [5.41, 5.74) is 0.445. The third-order valence-electron chi connectivity index (χ3n) is 3.30. The smallest absolute Gasteiger partial charge is 0.335 e. The van der Waals surface area contributed by atoms with E-state index in [0.29, 0.717) is 5.75 Å². The summed E-state index contributed by atoms with van der Waals surface area (Å²) in [6.45, 7) is 1.76. The van der Waals surface area contributed by atoms with Crippen molar-refractivity contribution in [1.82, 2.24) is 4.98 Å². The Bertz CT molecular complexity index is 616. The lowest BCUT2D eigenvalue weighted by Gasteiger charge is -2.29. The van der Waals surface area contributed by atoms with Gasteiger partial charge in [-0.3, -0.25) is 4.98 Å². The van der Waals surface area contributed by atoms with Crippen LogP contribution >= 0.6 is 0 Å². The minimum atomic E-state index is -1.03. The molecule has 0 aliphatic carbocycles. The van der Waals surface area contributed by atoms with E-state index in [1.165, 1.54) is 7.11 Å². The zero-order chi connectivity index (χ0) is 15.3. The lowest BCUT2D eigenvalue weighted by atomic mass is 9.93. The number of anilines is 1. The van der Waals surface area contributed by atoms with Gasteiger partial charge in [0, 0.05) is 29.7 Å². The summed E-state index contributed by atoms with van der Waals surface area (Å²) >= 11 is 0. The second-order valence-corrected chi connectivity index (χ2v) is 4.72. The van der Waals surface area contributed by atoms with Gasteiger partial charge >= 0.3 is 5.97 Å². The van der Waals surface area contributed by atoms with Crippen molar-refractivity contribution in [3.63, 3.8) is 0 Å². The van der Waals surface area contributed by atoms with Crippen LogP contribution in [0.1, 0.15) is 12.5 Å². The van der Waals surface area contributed by atoms with Gasteiger partial charge < -0.3 is 14.8 Å². The lowest BCUT2D eigenvalue weighted by molar-refractivity contribution is -0.145. The van der Waals surface area contributed by atoms with E-state index in [9.17, 15) is 4.79 Å². The maximum absolute atomic E-state index is 12.2. The molecular formula is C16H18N2O3. The second-order valence-electron chi connectivity index (χ2n) is 4.72. The van der Waals surface area contributed by atoms with Gasteiger partial charge in [-0.1, -0.05) is 12.1 Å². The van der Waals surface area contributed by atoms with Crippen molar-refractivity contribution < 1.29 is 14.3 Å². The summed E-state index contributed by atoms with van der Waals surface area (Å²) in [4.78, 5) is 16.3. The molecule has 5 nitrogen and oxygen atoms in total. The van der Waals surface area contributed by atoms with Gasteiger partial charge in [-0.25, -0.2) is 4.79 Å². The molecule has 2 rings (SSSR count). The predicted octanol–water partition coefficient (Wildman–Crippen LogP) is 2.59. The Balaban J connectivity index is 2.39. The first-order chi connectivity index (χ1) is 10.1. The molecule has 0 aliphatic rings. The fourth-order valence-corrected chi connectivity index (χ4v) is 2.09. The van der Waals surface area contributed by atoms with E-state index < -0.39 is 11.5 Å². The summed E-state index contributed by atoms with van der Waals surface area (Å²) in [7, 11) is 2.96. The van der Waals surface area contributed by atoms with Crippen molar-refractivity contribution in [2.45, 2.75) is 12.5 Å². The van der Waals surface area contributed by atoms with Crippen molar-refractivity contribution in [2.75, 3.05) is 19.5 Å². The summed E-state index contributed by atoms with van der Waals surface area (Å²) in [6, 6.07) is 11.0. The molecule has 21 heavy (non-hydrogen) atoms. The van der Waals surface area contributed by atoms with E-state index in [1.807, 2.05) is 30.3 Å². The molecule has 0 saturated carbocycles. The van der Waals surface area contributed by atoms with Crippen LogP contribution in [0.15, 0.2) is 48.8 Å². The number of carbonyl (C=O) groups excluding carboxylic acids is 1. The third kappa shape index (κ3) is 3.13. The van der Waals surface area contributed by atoms with Crippen molar-refractivity contribution in [3.05, 3.63) is 54.4 Å². The van der Waals surface area contributed by atoms with Gasteiger partial charge in [0.25, 0.3) is 0 Å². The Morgan fingerprint density at radius 3 is 2.67 bits per heavy atom. The average Bonchev–Trinajstić information content (AvgIpc) is 2.54. The quantitative estimate of drug-likeness (QED) is 0.856. The van der Waals surface area contributed by atoms with Crippen LogP contribution in [0.3, 0.4) is 0 Å². The highest BCUT2D eigenvalue weighted by Gasteiger charge is 2.36. The van der Waals surface area contributed by atoms with E-state index >= 15 is 0 Å². The molecule has 0 spiro atoms. The van der Waals surface area contributed by atoms with Gasteiger partial charge in [0.1, 0.15) is 5.75 Å². The highest BCUT2D eigenvalue weighted by molar-refractivity contribution is 5.85. The van der Waals surface area contributed by atoms with Crippen LogP contribution in [-0.4, -0.2) is 25.2 Å². The number of hydrogen-bond acceptors (Lipinski definition) is 5. The molecule has 0 amide bonds. The number of esters is 1. The normalized spacial score (nSPS) is 13.1. The zero-order valence-electron chi connectivity index (χ0n) is 12.3. The van der Waals surface area contributed by atoms with Gasteiger partial charge in [-0.05, 0) is 25.1 Å². The number of nitrogens with zero attached hydrogens (tertiary/aromatic N) is 1. The second kappa shape index (κ2) is 6.26. The van der Waals surface area contributed by atoms with Crippen molar-refractivity contribution in [3.8, 4) is 5.75 Å². The zero-order valence-corrected chi connectivity index (χ0v) is 12.3. The Kier molecular flexibility index (Phi) is 4.42. The SMILES string of the molecule is COC(=O)C(C)(Nc1cccc(OC)c1)c1cccnc1. The monoisotopic (exact) mass is 286 g/mol. The van der Waals surface area contributed by atoms with E-state index in [4.69, 9.17) is 9.47 Å². The molecule has 0 radical (unpaired) electrons. The minimum Gasteiger partial charge on any atom is -0.497 e. The molecule has 1 N–H and O–H groups in total.